The number of sulfonamides is 1. The van der Waals surface area contributed by atoms with Gasteiger partial charge in [-0.05, 0) is 50.4 Å². The van der Waals surface area contributed by atoms with Crippen LogP contribution in [0.25, 0.3) is 0 Å². The van der Waals surface area contributed by atoms with Crippen LogP contribution in [-0.2, 0) is 16.6 Å². The zero-order chi connectivity index (χ0) is 18.9. The Balaban J connectivity index is 1.64. The lowest BCUT2D eigenvalue weighted by Crippen LogP contribution is -2.48. The van der Waals surface area contributed by atoms with Crippen molar-refractivity contribution in [2.24, 2.45) is 11.3 Å². The highest BCUT2D eigenvalue weighted by Gasteiger charge is 2.51. The number of likely N-dealkylation sites (tertiary alicyclic amines) is 1. The molecular formula is C19H30N2O4S. The fourth-order valence-electron chi connectivity index (χ4n) is 4.16. The van der Waals surface area contributed by atoms with Crippen molar-refractivity contribution in [3.63, 3.8) is 0 Å². The van der Waals surface area contributed by atoms with Crippen molar-refractivity contribution in [2.45, 2.75) is 32.9 Å². The average Bonchev–Trinajstić information content (AvgIpc) is 2.96. The molecule has 0 saturated carbocycles. The fraction of sp³-hybridized carbons (Fsp3) is 0.684. The summed E-state index contributed by atoms with van der Waals surface area (Å²) in [6.07, 6.45) is 2.25. The number of ether oxygens (including phenoxy) is 1. The lowest BCUT2D eigenvalue weighted by atomic mass is 9.73. The average molecular weight is 383 g/mol. The number of rotatable bonds is 6. The van der Waals surface area contributed by atoms with Gasteiger partial charge < -0.3 is 9.84 Å². The van der Waals surface area contributed by atoms with Gasteiger partial charge in [0.2, 0.25) is 10.0 Å². The van der Waals surface area contributed by atoms with Gasteiger partial charge in [-0.3, -0.25) is 4.90 Å². The Kier molecular flexibility index (Phi) is 5.63. The van der Waals surface area contributed by atoms with Gasteiger partial charge in [-0.2, -0.15) is 0 Å². The molecule has 26 heavy (non-hydrogen) atoms. The molecule has 2 atom stereocenters. The Morgan fingerprint density at radius 3 is 2.54 bits per heavy atom. The van der Waals surface area contributed by atoms with Gasteiger partial charge in [0.15, 0.2) is 0 Å². The summed E-state index contributed by atoms with van der Waals surface area (Å²) in [6, 6.07) is 8.17. The molecular weight excluding hydrogens is 352 g/mol. The van der Waals surface area contributed by atoms with E-state index in [1.807, 2.05) is 26.0 Å². The summed E-state index contributed by atoms with van der Waals surface area (Å²) < 4.78 is 31.1. The van der Waals surface area contributed by atoms with E-state index in [-0.39, 0.29) is 24.0 Å². The first-order valence-corrected chi connectivity index (χ1v) is 11.1. The van der Waals surface area contributed by atoms with Gasteiger partial charge in [0.1, 0.15) is 5.75 Å². The summed E-state index contributed by atoms with van der Waals surface area (Å²) in [5.41, 5.74) is 0.935. The summed E-state index contributed by atoms with van der Waals surface area (Å²) >= 11 is 0. The lowest BCUT2D eigenvalue weighted by molar-refractivity contribution is 0.0170. The molecule has 0 radical (unpaired) electrons. The van der Waals surface area contributed by atoms with Crippen LogP contribution < -0.4 is 4.74 Å². The molecule has 2 fully saturated rings. The normalized spacial score (nSPS) is 27.7. The largest absolute Gasteiger partial charge is 0.491 e. The summed E-state index contributed by atoms with van der Waals surface area (Å²) in [5.74, 6) is 1.06. The molecule has 2 aliphatic heterocycles. The Morgan fingerprint density at radius 2 is 1.96 bits per heavy atom. The summed E-state index contributed by atoms with van der Waals surface area (Å²) in [7, 11) is -3.21. The van der Waals surface area contributed by atoms with Crippen molar-refractivity contribution in [1.29, 1.82) is 0 Å². The van der Waals surface area contributed by atoms with Crippen LogP contribution in [0, 0.1) is 11.3 Å². The predicted octanol–water partition coefficient (Wildman–Crippen LogP) is 1.55. The van der Waals surface area contributed by atoms with Gasteiger partial charge >= 0.3 is 0 Å². The van der Waals surface area contributed by atoms with Gasteiger partial charge in [0.25, 0.3) is 0 Å². The number of piperidine rings is 1. The third-order valence-corrected chi connectivity index (χ3v) is 6.89. The van der Waals surface area contributed by atoms with E-state index in [9.17, 15) is 13.5 Å². The third-order valence-electron chi connectivity index (χ3n) is 5.67. The molecule has 7 heteroatoms. The van der Waals surface area contributed by atoms with Crippen molar-refractivity contribution < 1.29 is 18.3 Å². The van der Waals surface area contributed by atoms with Crippen molar-refractivity contribution in [1.82, 2.24) is 9.21 Å². The minimum Gasteiger partial charge on any atom is -0.491 e. The molecule has 2 saturated heterocycles. The van der Waals surface area contributed by atoms with E-state index in [2.05, 4.69) is 17.0 Å². The Morgan fingerprint density at radius 1 is 1.27 bits per heavy atom. The monoisotopic (exact) mass is 382 g/mol. The van der Waals surface area contributed by atoms with E-state index in [0.717, 1.165) is 31.8 Å². The second-order valence-electron chi connectivity index (χ2n) is 8.07. The molecule has 0 amide bonds. The second-order valence-corrected chi connectivity index (χ2v) is 10.1. The zero-order valence-electron chi connectivity index (χ0n) is 15.9. The first kappa shape index (κ1) is 19.6. The highest BCUT2D eigenvalue weighted by Crippen LogP contribution is 2.43. The standard InChI is InChI=1S/C19H30N2O4S/c1-15(2)25-18-6-4-16(5-7-18)10-20-9-8-19(14-22)13-21(26(3,23)24)12-17(19)11-20/h4-7,15,17,22H,8-14H2,1-3H3. The van der Waals surface area contributed by atoms with Crippen LogP contribution in [0.15, 0.2) is 24.3 Å². The van der Waals surface area contributed by atoms with Gasteiger partial charge in [-0.1, -0.05) is 12.1 Å². The maximum Gasteiger partial charge on any atom is 0.211 e. The molecule has 0 spiro atoms. The zero-order valence-corrected chi connectivity index (χ0v) is 16.7. The highest BCUT2D eigenvalue weighted by molar-refractivity contribution is 7.88. The molecule has 3 rings (SSSR count). The van der Waals surface area contributed by atoms with Gasteiger partial charge in [0, 0.05) is 31.6 Å². The fourth-order valence-corrected chi connectivity index (χ4v) is 5.10. The molecule has 2 heterocycles. The highest BCUT2D eigenvalue weighted by atomic mass is 32.2. The van der Waals surface area contributed by atoms with Crippen LogP contribution in [-0.4, -0.2) is 67.9 Å². The van der Waals surface area contributed by atoms with Crippen molar-refractivity contribution in [3.05, 3.63) is 29.8 Å². The topological polar surface area (TPSA) is 70.1 Å². The van der Waals surface area contributed by atoms with Gasteiger partial charge in [0.05, 0.1) is 19.0 Å². The molecule has 1 N–H and O–H groups in total. The minimum atomic E-state index is -3.21. The first-order valence-electron chi connectivity index (χ1n) is 9.26. The van der Waals surface area contributed by atoms with Gasteiger partial charge in [-0.15, -0.1) is 0 Å². The maximum atomic E-state index is 11.9. The SMILES string of the molecule is CC(C)Oc1ccc(CN2CCC3(CO)CN(S(C)(=O)=O)CC3C2)cc1. The van der Waals surface area contributed by atoms with Crippen LogP contribution in [0.4, 0.5) is 0 Å². The number of aliphatic hydroxyl groups excluding tert-OH is 1. The van der Waals surface area contributed by atoms with Crippen LogP contribution in [0.2, 0.25) is 0 Å². The van der Waals surface area contributed by atoms with E-state index >= 15 is 0 Å². The summed E-state index contributed by atoms with van der Waals surface area (Å²) in [5, 5.41) is 9.96. The van der Waals surface area contributed by atoms with E-state index in [1.165, 1.54) is 16.1 Å². The molecule has 2 unspecified atom stereocenters. The number of hydrogen-bond acceptors (Lipinski definition) is 5. The summed E-state index contributed by atoms with van der Waals surface area (Å²) in [6.45, 7) is 7.55. The van der Waals surface area contributed by atoms with Crippen LogP contribution in [0.5, 0.6) is 5.75 Å². The van der Waals surface area contributed by atoms with E-state index in [4.69, 9.17) is 4.74 Å². The maximum absolute atomic E-state index is 11.9. The molecule has 0 aromatic heterocycles. The number of hydrogen-bond donors (Lipinski definition) is 1. The Bertz CT molecular complexity index is 720. The van der Waals surface area contributed by atoms with E-state index < -0.39 is 10.0 Å². The number of benzene rings is 1. The number of aliphatic hydroxyl groups is 1. The van der Waals surface area contributed by atoms with Crippen LogP contribution in [0.1, 0.15) is 25.8 Å². The van der Waals surface area contributed by atoms with Crippen molar-refractivity contribution in [3.8, 4) is 5.75 Å². The molecule has 146 valence electrons. The number of fused-ring (bicyclic) bond motifs is 1. The van der Waals surface area contributed by atoms with E-state index in [1.54, 1.807) is 0 Å². The van der Waals surface area contributed by atoms with Crippen molar-refractivity contribution in [2.75, 3.05) is 39.0 Å². The van der Waals surface area contributed by atoms with Crippen LogP contribution in [0.3, 0.4) is 0 Å². The molecule has 0 bridgehead atoms. The van der Waals surface area contributed by atoms with Crippen molar-refractivity contribution >= 4 is 10.0 Å². The van der Waals surface area contributed by atoms with E-state index in [0.29, 0.717) is 13.1 Å². The Hall–Kier alpha value is -1.15. The third kappa shape index (κ3) is 4.22. The Labute approximate surface area is 156 Å². The minimum absolute atomic E-state index is 0.0543. The second kappa shape index (κ2) is 7.46. The molecule has 1 aromatic rings. The molecule has 6 nitrogen and oxygen atoms in total. The molecule has 1 aromatic carbocycles. The molecule has 2 aliphatic rings. The van der Waals surface area contributed by atoms with Crippen LogP contribution >= 0.6 is 0 Å². The smallest absolute Gasteiger partial charge is 0.211 e. The quantitative estimate of drug-likeness (QED) is 0.808. The lowest BCUT2D eigenvalue weighted by Gasteiger charge is -2.42. The predicted molar refractivity (Wildman–Crippen MR) is 102 cm³/mol. The summed E-state index contributed by atoms with van der Waals surface area (Å²) in [4.78, 5) is 2.36. The molecule has 0 aliphatic carbocycles. The van der Waals surface area contributed by atoms with Gasteiger partial charge in [-0.25, -0.2) is 12.7 Å². The first-order chi connectivity index (χ1) is 12.2. The number of nitrogens with zero attached hydrogens (tertiary/aromatic N) is 2.